The molecule has 3 rings (SSSR count). The number of imidazole rings is 1. The predicted octanol–water partition coefficient (Wildman–Crippen LogP) is 2.10. The maximum atomic E-state index is 13.6. The van der Waals surface area contributed by atoms with Crippen molar-refractivity contribution in [1.82, 2.24) is 19.5 Å². The fourth-order valence-corrected chi connectivity index (χ4v) is 2.84. The number of aromatic nitrogens is 4. The third-order valence-electron chi connectivity index (χ3n) is 4.40. The van der Waals surface area contributed by atoms with Crippen molar-refractivity contribution in [3.63, 3.8) is 0 Å². The molecule has 164 valence electrons. The quantitative estimate of drug-likeness (QED) is 0.511. The van der Waals surface area contributed by atoms with Crippen molar-refractivity contribution in [2.75, 3.05) is 5.73 Å². The van der Waals surface area contributed by atoms with Crippen molar-refractivity contribution in [2.45, 2.75) is 24.7 Å². The number of rotatable bonds is 7. The van der Waals surface area contributed by atoms with E-state index >= 15 is 0 Å². The van der Waals surface area contributed by atoms with E-state index < -0.39 is 24.3 Å². The Morgan fingerprint density at radius 2 is 1.94 bits per heavy atom. The van der Waals surface area contributed by atoms with Gasteiger partial charge in [0.1, 0.15) is 6.04 Å². The monoisotopic (exact) mass is 436 g/mol. The number of carbonyl (C=O) groups is 1. The molecule has 12 heteroatoms. The lowest BCUT2D eigenvalue weighted by atomic mass is 10.0. The molecular weight excluding hydrogens is 417 g/mol. The Labute approximate surface area is 174 Å². The fraction of sp³-hybridized carbons (Fsp3) is 0.263. The van der Waals surface area contributed by atoms with Crippen LogP contribution in [0.1, 0.15) is 17.4 Å². The molecule has 0 saturated carbocycles. The molecule has 0 radical (unpaired) electrons. The summed E-state index contributed by atoms with van der Waals surface area (Å²) >= 11 is 0. The number of halogens is 3. The highest BCUT2D eigenvalue weighted by atomic mass is 19.4. The van der Waals surface area contributed by atoms with Gasteiger partial charge < -0.3 is 25.9 Å². The standard InChI is InChI=1S/C19H19F3N6O3/c1-28-9-25-8-14(28)16(19(20,21)22)31-15-7-13(26-18(24)27-15)11-4-2-10(3-5-11)6-12(23)17(29)30/h2-5,7-9,12,16H,6,23H2,1H3,(H,29,30)(H2,24,26,27). The van der Waals surface area contributed by atoms with Gasteiger partial charge in [-0.1, -0.05) is 24.3 Å². The summed E-state index contributed by atoms with van der Waals surface area (Å²) in [5.41, 5.74) is 12.4. The van der Waals surface area contributed by atoms with Crippen LogP contribution >= 0.6 is 0 Å². The van der Waals surface area contributed by atoms with E-state index in [1.54, 1.807) is 24.3 Å². The molecule has 2 unspecified atom stereocenters. The molecule has 0 aliphatic rings. The number of alkyl halides is 3. The predicted molar refractivity (Wildman–Crippen MR) is 104 cm³/mol. The number of nitrogens with zero attached hydrogens (tertiary/aromatic N) is 4. The van der Waals surface area contributed by atoms with Crippen molar-refractivity contribution >= 4 is 11.9 Å². The van der Waals surface area contributed by atoms with E-state index in [1.807, 2.05) is 0 Å². The van der Waals surface area contributed by atoms with E-state index in [0.29, 0.717) is 11.1 Å². The van der Waals surface area contributed by atoms with E-state index in [2.05, 4.69) is 15.0 Å². The minimum atomic E-state index is -4.72. The fourth-order valence-electron chi connectivity index (χ4n) is 2.84. The Balaban J connectivity index is 1.88. The van der Waals surface area contributed by atoms with E-state index in [4.69, 9.17) is 21.3 Å². The molecular formula is C19H19F3N6O3. The van der Waals surface area contributed by atoms with E-state index in [0.717, 1.165) is 6.20 Å². The SMILES string of the molecule is Cn1cncc1C(Oc1cc(-c2ccc(CC(N)C(=O)O)cc2)nc(N)n1)C(F)(F)F. The third kappa shape index (κ3) is 5.28. The van der Waals surface area contributed by atoms with Crippen molar-refractivity contribution in [2.24, 2.45) is 12.8 Å². The smallest absolute Gasteiger partial charge is 0.431 e. The molecule has 0 aliphatic carbocycles. The number of nitrogens with two attached hydrogens (primary N) is 2. The number of hydrogen-bond donors (Lipinski definition) is 3. The molecule has 0 amide bonds. The van der Waals surface area contributed by atoms with Crippen LogP contribution in [-0.2, 0) is 18.3 Å². The first kappa shape index (κ1) is 22.0. The van der Waals surface area contributed by atoms with Gasteiger partial charge in [-0.15, -0.1) is 0 Å². The van der Waals surface area contributed by atoms with E-state index in [1.165, 1.54) is 24.0 Å². The van der Waals surface area contributed by atoms with Crippen LogP contribution in [0.3, 0.4) is 0 Å². The van der Waals surface area contributed by atoms with Crippen LogP contribution in [0.2, 0.25) is 0 Å². The first-order valence-electron chi connectivity index (χ1n) is 8.96. The lowest BCUT2D eigenvalue weighted by Crippen LogP contribution is -2.32. The van der Waals surface area contributed by atoms with Crippen LogP contribution in [0, 0.1) is 0 Å². The number of aryl methyl sites for hydroxylation is 1. The van der Waals surface area contributed by atoms with Crippen molar-refractivity contribution < 1.29 is 27.8 Å². The highest BCUT2D eigenvalue weighted by Gasteiger charge is 2.45. The summed E-state index contributed by atoms with van der Waals surface area (Å²) in [6.45, 7) is 0. The van der Waals surface area contributed by atoms with Crippen molar-refractivity contribution in [3.8, 4) is 17.1 Å². The zero-order valence-electron chi connectivity index (χ0n) is 16.2. The average molecular weight is 436 g/mol. The van der Waals surface area contributed by atoms with Gasteiger partial charge in [0, 0.05) is 18.7 Å². The highest BCUT2D eigenvalue weighted by molar-refractivity contribution is 5.73. The number of hydrogen-bond acceptors (Lipinski definition) is 7. The number of carboxylic acids is 1. The van der Waals surface area contributed by atoms with Gasteiger partial charge >= 0.3 is 12.1 Å². The highest BCUT2D eigenvalue weighted by Crippen LogP contribution is 2.36. The molecule has 31 heavy (non-hydrogen) atoms. The van der Waals surface area contributed by atoms with Crippen LogP contribution in [0.25, 0.3) is 11.3 Å². The van der Waals surface area contributed by atoms with Crippen LogP contribution in [0.5, 0.6) is 5.88 Å². The molecule has 0 saturated heterocycles. The molecule has 0 fully saturated rings. The number of carboxylic acid groups (broad SMARTS) is 1. The zero-order valence-corrected chi connectivity index (χ0v) is 16.2. The number of benzene rings is 1. The Bertz CT molecular complexity index is 1070. The second kappa shape index (κ2) is 8.60. The minimum Gasteiger partial charge on any atom is -0.480 e. The molecule has 1 aromatic carbocycles. The van der Waals surface area contributed by atoms with Gasteiger partial charge in [0.25, 0.3) is 0 Å². The van der Waals surface area contributed by atoms with Crippen LogP contribution in [0.15, 0.2) is 42.9 Å². The largest absolute Gasteiger partial charge is 0.480 e. The van der Waals surface area contributed by atoms with Gasteiger partial charge in [0.2, 0.25) is 17.9 Å². The van der Waals surface area contributed by atoms with Crippen LogP contribution in [0.4, 0.5) is 19.1 Å². The Kier molecular flexibility index (Phi) is 6.11. The van der Waals surface area contributed by atoms with Gasteiger partial charge in [-0.05, 0) is 12.0 Å². The molecule has 0 spiro atoms. The number of anilines is 1. The average Bonchev–Trinajstić information content (AvgIpc) is 3.10. The summed E-state index contributed by atoms with van der Waals surface area (Å²) in [6.07, 6.45) is -4.62. The molecule has 2 atom stereocenters. The maximum Gasteiger partial charge on any atom is 0.431 e. The van der Waals surface area contributed by atoms with E-state index in [-0.39, 0.29) is 29.6 Å². The normalized spacial score (nSPS) is 13.6. The molecule has 2 heterocycles. The molecule has 0 bridgehead atoms. The van der Waals surface area contributed by atoms with E-state index in [9.17, 15) is 18.0 Å². The summed E-state index contributed by atoms with van der Waals surface area (Å²) in [4.78, 5) is 22.4. The summed E-state index contributed by atoms with van der Waals surface area (Å²) in [7, 11) is 1.42. The first-order valence-corrected chi connectivity index (χ1v) is 8.96. The second-order valence-electron chi connectivity index (χ2n) is 6.76. The lowest BCUT2D eigenvalue weighted by Gasteiger charge is -2.21. The maximum absolute atomic E-state index is 13.6. The molecule has 5 N–H and O–H groups in total. The summed E-state index contributed by atoms with van der Waals surface area (Å²) < 4.78 is 47.1. The summed E-state index contributed by atoms with van der Waals surface area (Å²) in [5, 5.41) is 8.90. The molecule has 0 aliphatic heterocycles. The number of ether oxygens (including phenoxy) is 1. The minimum absolute atomic E-state index is 0.119. The summed E-state index contributed by atoms with van der Waals surface area (Å²) in [5.74, 6) is -1.75. The zero-order chi connectivity index (χ0) is 22.8. The number of nitrogen functional groups attached to an aromatic ring is 1. The summed E-state index contributed by atoms with van der Waals surface area (Å²) in [6, 6.07) is 6.72. The van der Waals surface area contributed by atoms with Crippen molar-refractivity contribution in [1.29, 1.82) is 0 Å². The molecule has 2 aromatic heterocycles. The topological polar surface area (TPSA) is 142 Å². The number of aliphatic carboxylic acids is 1. The van der Waals surface area contributed by atoms with Crippen LogP contribution in [-0.4, -0.2) is 42.8 Å². The van der Waals surface area contributed by atoms with Gasteiger partial charge in [0.15, 0.2) is 0 Å². The van der Waals surface area contributed by atoms with Gasteiger partial charge in [-0.3, -0.25) is 4.79 Å². The Morgan fingerprint density at radius 3 is 2.48 bits per heavy atom. The van der Waals surface area contributed by atoms with Gasteiger partial charge in [0.05, 0.1) is 23.9 Å². The second-order valence-corrected chi connectivity index (χ2v) is 6.76. The lowest BCUT2D eigenvalue weighted by molar-refractivity contribution is -0.200. The van der Waals surface area contributed by atoms with Crippen molar-refractivity contribution in [3.05, 3.63) is 54.1 Å². The Morgan fingerprint density at radius 1 is 1.26 bits per heavy atom. The third-order valence-corrected chi connectivity index (χ3v) is 4.40. The van der Waals surface area contributed by atoms with Crippen LogP contribution < -0.4 is 16.2 Å². The van der Waals surface area contributed by atoms with Gasteiger partial charge in [-0.2, -0.15) is 18.2 Å². The molecule has 9 nitrogen and oxygen atoms in total. The molecule has 3 aromatic rings. The first-order chi connectivity index (χ1) is 14.5. The Hall–Kier alpha value is -3.67. The van der Waals surface area contributed by atoms with Gasteiger partial charge in [-0.25, -0.2) is 9.97 Å².